The molecule has 1 N–H and O–H groups in total. The maximum Gasteiger partial charge on any atom is 0.232 e. The second-order valence-electron chi connectivity index (χ2n) is 10.5. The van der Waals surface area contributed by atoms with Crippen LogP contribution in [0.2, 0.25) is 0 Å². The van der Waals surface area contributed by atoms with Gasteiger partial charge in [-0.3, -0.25) is 4.79 Å². The van der Waals surface area contributed by atoms with E-state index < -0.39 is 0 Å². The molecule has 3 aromatic rings. The highest BCUT2D eigenvalue weighted by Gasteiger charge is 2.22. The number of rotatable bonds is 16. The highest BCUT2D eigenvalue weighted by atomic mass is 16.3. The summed E-state index contributed by atoms with van der Waals surface area (Å²) in [6.45, 7) is 6.32. The Morgan fingerprint density at radius 3 is 2.03 bits per heavy atom. The Balaban J connectivity index is 1.44. The number of aryl methyl sites for hydroxylation is 2. The minimum atomic E-state index is -0.225. The third kappa shape index (κ3) is 7.44. The van der Waals surface area contributed by atoms with E-state index in [0.29, 0.717) is 16.8 Å². The zero-order valence-corrected chi connectivity index (χ0v) is 23.0. The normalized spacial score (nSPS) is 11.4. The van der Waals surface area contributed by atoms with E-state index in [1.165, 1.54) is 77.0 Å². The van der Waals surface area contributed by atoms with E-state index in [-0.39, 0.29) is 11.5 Å². The van der Waals surface area contributed by atoms with Crippen molar-refractivity contribution in [3.63, 3.8) is 0 Å². The highest BCUT2D eigenvalue weighted by molar-refractivity contribution is 6.12. The Morgan fingerprint density at radius 2 is 1.42 bits per heavy atom. The van der Waals surface area contributed by atoms with Crippen molar-refractivity contribution in [2.75, 3.05) is 0 Å². The van der Waals surface area contributed by atoms with E-state index in [4.69, 9.17) is 4.98 Å². The van der Waals surface area contributed by atoms with Gasteiger partial charge in [0.1, 0.15) is 5.75 Å². The number of aromatic hydroxyl groups is 1. The first kappa shape index (κ1) is 28.0. The van der Waals surface area contributed by atoms with Crippen LogP contribution < -0.4 is 0 Å². The molecule has 2 aromatic carbocycles. The summed E-state index contributed by atoms with van der Waals surface area (Å²) in [5.74, 6) is 0.215. The van der Waals surface area contributed by atoms with Crippen molar-refractivity contribution in [2.24, 2.45) is 7.05 Å². The van der Waals surface area contributed by atoms with Gasteiger partial charge in [0.25, 0.3) is 0 Å². The minimum Gasteiger partial charge on any atom is -0.507 e. The van der Waals surface area contributed by atoms with Crippen molar-refractivity contribution in [3.05, 3.63) is 58.7 Å². The van der Waals surface area contributed by atoms with Gasteiger partial charge in [0, 0.05) is 18.1 Å². The number of carbonyl (C=O) groups is 1. The molecule has 0 radical (unpaired) electrons. The third-order valence-electron chi connectivity index (χ3n) is 7.59. The van der Waals surface area contributed by atoms with Crippen molar-refractivity contribution in [1.29, 1.82) is 0 Å². The number of nitrogens with zero attached hydrogens (tertiary/aromatic N) is 2. The van der Waals surface area contributed by atoms with Crippen LogP contribution >= 0.6 is 0 Å². The molecule has 0 aliphatic rings. The second kappa shape index (κ2) is 14.2. The topological polar surface area (TPSA) is 55.1 Å². The fourth-order valence-electron chi connectivity index (χ4n) is 5.12. The quantitative estimate of drug-likeness (QED) is 0.161. The van der Waals surface area contributed by atoms with Crippen molar-refractivity contribution < 1.29 is 9.90 Å². The lowest BCUT2D eigenvalue weighted by atomic mass is 10.0. The van der Waals surface area contributed by atoms with Gasteiger partial charge in [-0.15, -0.1) is 0 Å². The summed E-state index contributed by atoms with van der Waals surface area (Å²) in [4.78, 5) is 18.0. The molecule has 0 aliphatic carbocycles. The van der Waals surface area contributed by atoms with Gasteiger partial charge in [-0.1, -0.05) is 114 Å². The molecule has 1 heterocycles. The van der Waals surface area contributed by atoms with Crippen LogP contribution in [0.25, 0.3) is 10.8 Å². The lowest BCUT2D eigenvalue weighted by Gasteiger charge is -2.08. The Bertz CT molecular complexity index is 1130. The van der Waals surface area contributed by atoms with Crippen molar-refractivity contribution in [2.45, 2.75) is 111 Å². The molecule has 4 heteroatoms. The maximum atomic E-state index is 13.3. The Labute approximate surface area is 218 Å². The number of unbranched alkanes of at least 4 members (excludes halogenated alkanes) is 12. The first-order valence-electron chi connectivity index (χ1n) is 14.2. The standard InChI is InChI=1S/C32H46N2O2/c1-5-6-7-8-9-10-11-12-13-14-15-16-17-18-29-25(3)34(4)32(33-29)31(36)28-22-20-26-23-24(2)19-21-27(26)30(28)35/h19-23,35H,5-18H2,1-4H3. The average Bonchev–Trinajstić information content (AvgIpc) is 3.15. The summed E-state index contributed by atoms with van der Waals surface area (Å²) in [5.41, 5.74) is 3.47. The first-order valence-corrected chi connectivity index (χ1v) is 14.2. The van der Waals surface area contributed by atoms with Crippen molar-refractivity contribution >= 4 is 16.6 Å². The van der Waals surface area contributed by atoms with Crippen molar-refractivity contribution in [1.82, 2.24) is 9.55 Å². The monoisotopic (exact) mass is 490 g/mol. The Kier molecular flexibility index (Phi) is 11.0. The number of carbonyl (C=O) groups excluding carboxylic acids is 1. The molecule has 196 valence electrons. The maximum absolute atomic E-state index is 13.3. The molecule has 0 fully saturated rings. The third-order valence-corrected chi connectivity index (χ3v) is 7.59. The van der Waals surface area contributed by atoms with Gasteiger partial charge in [0.15, 0.2) is 5.82 Å². The second-order valence-corrected chi connectivity index (χ2v) is 10.5. The number of ketones is 1. The lowest BCUT2D eigenvalue weighted by molar-refractivity contribution is 0.102. The van der Waals surface area contributed by atoms with E-state index in [0.717, 1.165) is 35.2 Å². The Hall–Kier alpha value is -2.62. The summed E-state index contributed by atoms with van der Waals surface area (Å²) < 4.78 is 1.87. The van der Waals surface area contributed by atoms with Crippen LogP contribution in [-0.4, -0.2) is 20.4 Å². The highest BCUT2D eigenvalue weighted by Crippen LogP contribution is 2.31. The minimum absolute atomic E-state index is 0.0381. The predicted octanol–water partition coefficient (Wildman–Crippen LogP) is 8.76. The van der Waals surface area contributed by atoms with Crippen LogP contribution in [0.15, 0.2) is 30.3 Å². The van der Waals surface area contributed by atoms with Crippen LogP contribution in [0.1, 0.15) is 124 Å². The van der Waals surface area contributed by atoms with E-state index >= 15 is 0 Å². The number of hydrogen-bond donors (Lipinski definition) is 1. The summed E-state index contributed by atoms with van der Waals surface area (Å²) in [7, 11) is 1.89. The number of aromatic nitrogens is 2. The molecule has 0 atom stereocenters. The fourth-order valence-corrected chi connectivity index (χ4v) is 5.12. The zero-order chi connectivity index (χ0) is 25.9. The molecule has 0 bridgehead atoms. The molecule has 0 saturated carbocycles. The largest absolute Gasteiger partial charge is 0.507 e. The molecule has 0 amide bonds. The summed E-state index contributed by atoms with van der Waals surface area (Å²) in [6, 6.07) is 9.46. The number of fused-ring (bicyclic) bond motifs is 1. The average molecular weight is 491 g/mol. The number of phenols is 1. The van der Waals surface area contributed by atoms with Crippen LogP contribution in [0.3, 0.4) is 0 Å². The van der Waals surface area contributed by atoms with E-state index in [2.05, 4.69) is 6.92 Å². The summed E-state index contributed by atoms with van der Waals surface area (Å²) in [5, 5.41) is 12.4. The molecule has 0 spiro atoms. The fraction of sp³-hybridized carbons (Fsp3) is 0.562. The zero-order valence-electron chi connectivity index (χ0n) is 23.0. The van der Waals surface area contributed by atoms with Crippen LogP contribution in [0.4, 0.5) is 0 Å². The number of phenolic OH excluding ortho intramolecular Hbond substituents is 1. The van der Waals surface area contributed by atoms with Gasteiger partial charge < -0.3 is 9.67 Å². The molecule has 4 nitrogen and oxygen atoms in total. The molecular weight excluding hydrogens is 444 g/mol. The lowest BCUT2D eigenvalue weighted by Crippen LogP contribution is -2.10. The molecular formula is C32H46N2O2. The first-order chi connectivity index (χ1) is 17.4. The summed E-state index contributed by atoms with van der Waals surface area (Å²) >= 11 is 0. The van der Waals surface area contributed by atoms with E-state index in [9.17, 15) is 9.90 Å². The molecule has 3 rings (SSSR count). The predicted molar refractivity (Wildman–Crippen MR) is 151 cm³/mol. The van der Waals surface area contributed by atoms with Crippen LogP contribution in [-0.2, 0) is 13.5 Å². The van der Waals surface area contributed by atoms with Gasteiger partial charge in [0.2, 0.25) is 5.78 Å². The van der Waals surface area contributed by atoms with Gasteiger partial charge in [0.05, 0.1) is 11.3 Å². The van der Waals surface area contributed by atoms with E-state index in [1.54, 1.807) is 6.07 Å². The van der Waals surface area contributed by atoms with Crippen molar-refractivity contribution in [3.8, 4) is 5.75 Å². The van der Waals surface area contributed by atoms with Gasteiger partial charge in [-0.25, -0.2) is 4.98 Å². The number of hydrogen-bond acceptors (Lipinski definition) is 3. The molecule has 0 saturated heterocycles. The number of imidazole rings is 1. The summed E-state index contributed by atoms with van der Waals surface area (Å²) in [6.07, 6.45) is 18.3. The van der Waals surface area contributed by atoms with Gasteiger partial charge >= 0.3 is 0 Å². The van der Waals surface area contributed by atoms with Crippen LogP contribution in [0, 0.1) is 13.8 Å². The Morgan fingerprint density at radius 1 is 0.833 bits per heavy atom. The van der Waals surface area contributed by atoms with E-state index in [1.807, 2.05) is 49.7 Å². The van der Waals surface area contributed by atoms with Gasteiger partial charge in [-0.05, 0) is 38.1 Å². The number of benzene rings is 2. The molecule has 1 aromatic heterocycles. The molecule has 36 heavy (non-hydrogen) atoms. The molecule has 0 aliphatic heterocycles. The smallest absolute Gasteiger partial charge is 0.232 e. The van der Waals surface area contributed by atoms with Gasteiger partial charge in [-0.2, -0.15) is 0 Å². The van der Waals surface area contributed by atoms with Crippen LogP contribution in [0.5, 0.6) is 5.75 Å². The SMILES string of the molecule is CCCCCCCCCCCCCCCc1nc(C(=O)c2ccc3cc(C)ccc3c2O)n(C)c1C. The molecule has 0 unspecified atom stereocenters.